The summed E-state index contributed by atoms with van der Waals surface area (Å²) in [4.78, 5) is 14.6. The maximum absolute atomic E-state index is 13.1. The second kappa shape index (κ2) is 9.32. The zero-order valence-electron chi connectivity index (χ0n) is 15.2. The monoisotopic (exact) mass is 419 g/mol. The van der Waals surface area contributed by atoms with Crippen molar-refractivity contribution in [2.24, 2.45) is 11.7 Å². The van der Waals surface area contributed by atoms with E-state index in [2.05, 4.69) is 0 Å². The Morgan fingerprint density at radius 1 is 1.04 bits per heavy atom. The molecule has 0 spiro atoms. The molecule has 1 aliphatic carbocycles. The Labute approximate surface area is 166 Å². The summed E-state index contributed by atoms with van der Waals surface area (Å²) in [6, 6.07) is 4.93. The van der Waals surface area contributed by atoms with Crippen LogP contribution in [0.15, 0.2) is 29.2 Å². The Morgan fingerprint density at radius 2 is 1.74 bits per heavy atom. The predicted molar refractivity (Wildman–Crippen MR) is 104 cm³/mol. The molecule has 6 nitrogen and oxygen atoms in total. The van der Waals surface area contributed by atoms with Crippen LogP contribution in [0.1, 0.15) is 32.1 Å². The average molecular weight is 420 g/mol. The molecular weight excluding hydrogens is 393 g/mol. The zero-order chi connectivity index (χ0) is 18.7. The fourth-order valence-electron chi connectivity index (χ4n) is 3.82. The number of nitrogens with zero attached hydrogens (tertiary/aromatic N) is 2. The summed E-state index contributed by atoms with van der Waals surface area (Å²) in [6.07, 6.45) is 4.10. The molecule has 1 aromatic carbocycles. The van der Waals surface area contributed by atoms with Crippen LogP contribution in [0.25, 0.3) is 0 Å². The summed E-state index contributed by atoms with van der Waals surface area (Å²) >= 11 is 0. The second-order valence-electron chi connectivity index (χ2n) is 7.16. The number of amides is 1. The van der Waals surface area contributed by atoms with Gasteiger partial charge in [-0.25, -0.2) is 12.8 Å². The summed E-state index contributed by atoms with van der Waals surface area (Å²) in [5.74, 6) is -0.414. The molecule has 27 heavy (non-hydrogen) atoms. The Hall–Kier alpha value is -1.22. The van der Waals surface area contributed by atoms with E-state index in [0.29, 0.717) is 32.5 Å². The molecule has 1 amide bonds. The molecule has 2 N–H and O–H groups in total. The summed E-state index contributed by atoms with van der Waals surface area (Å²) in [5.41, 5.74) is 5.99. The van der Waals surface area contributed by atoms with Gasteiger partial charge in [0.05, 0.1) is 4.90 Å². The smallest absolute Gasteiger partial charge is 0.243 e. The normalized spacial score (nSPS) is 24.7. The van der Waals surface area contributed by atoms with Gasteiger partial charge in [-0.15, -0.1) is 12.4 Å². The molecule has 2 unspecified atom stereocenters. The lowest BCUT2D eigenvalue weighted by atomic mass is 9.85. The molecule has 0 aromatic heterocycles. The second-order valence-corrected chi connectivity index (χ2v) is 9.10. The first kappa shape index (κ1) is 22.1. The number of benzene rings is 1. The molecule has 1 aromatic rings. The minimum Gasteiger partial charge on any atom is -0.341 e. The lowest BCUT2D eigenvalue weighted by molar-refractivity contribution is -0.136. The number of carbonyl (C=O) groups excluding carboxylic acids is 1. The molecule has 2 fully saturated rings. The van der Waals surface area contributed by atoms with Crippen LogP contribution in [0, 0.1) is 11.7 Å². The van der Waals surface area contributed by atoms with Crippen molar-refractivity contribution in [3.63, 3.8) is 0 Å². The van der Waals surface area contributed by atoms with Crippen LogP contribution in [-0.4, -0.2) is 55.8 Å². The molecule has 0 bridgehead atoms. The van der Waals surface area contributed by atoms with Crippen molar-refractivity contribution in [2.75, 3.05) is 26.2 Å². The van der Waals surface area contributed by atoms with E-state index in [9.17, 15) is 17.6 Å². The van der Waals surface area contributed by atoms with Gasteiger partial charge in [0.15, 0.2) is 0 Å². The van der Waals surface area contributed by atoms with Gasteiger partial charge in [0.25, 0.3) is 0 Å². The quantitative estimate of drug-likeness (QED) is 0.812. The molecule has 2 aliphatic rings. The highest BCUT2D eigenvalue weighted by molar-refractivity contribution is 7.89. The third kappa shape index (κ3) is 5.19. The van der Waals surface area contributed by atoms with Gasteiger partial charge in [0.1, 0.15) is 5.82 Å². The number of carbonyl (C=O) groups is 1. The van der Waals surface area contributed by atoms with Gasteiger partial charge in [0.2, 0.25) is 15.9 Å². The van der Waals surface area contributed by atoms with Crippen molar-refractivity contribution in [1.29, 1.82) is 0 Å². The number of hydrogen-bond donors (Lipinski definition) is 1. The molecule has 1 aliphatic heterocycles. The van der Waals surface area contributed by atoms with Crippen molar-refractivity contribution in [2.45, 2.75) is 43.0 Å². The molecule has 152 valence electrons. The fraction of sp³-hybridized carbons (Fsp3) is 0.611. The molecule has 2 atom stereocenters. The Morgan fingerprint density at radius 3 is 2.41 bits per heavy atom. The maximum atomic E-state index is 13.1. The Balaban J connectivity index is 0.00000261. The number of nitrogens with two attached hydrogens (primary N) is 1. The van der Waals surface area contributed by atoms with E-state index < -0.39 is 15.8 Å². The third-order valence-electron chi connectivity index (χ3n) is 5.28. The lowest BCUT2D eigenvalue weighted by Gasteiger charge is -2.30. The van der Waals surface area contributed by atoms with Crippen molar-refractivity contribution in [3.8, 4) is 0 Å². The third-order valence-corrected chi connectivity index (χ3v) is 7.19. The van der Waals surface area contributed by atoms with Gasteiger partial charge < -0.3 is 10.6 Å². The van der Waals surface area contributed by atoms with Crippen molar-refractivity contribution in [3.05, 3.63) is 30.1 Å². The van der Waals surface area contributed by atoms with Gasteiger partial charge in [0, 0.05) is 38.1 Å². The van der Waals surface area contributed by atoms with Gasteiger partial charge in [-0.1, -0.05) is 6.42 Å². The largest absolute Gasteiger partial charge is 0.341 e. The lowest BCUT2D eigenvalue weighted by Crippen LogP contribution is -2.42. The summed E-state index contributed by atoms with van der Waals surface area (Å²) in [5, 5.41) is 0. The molecule has 0 radical (unpaired) electrons. The highest BCUT2D eigenvalue weighted by Gasteiger charge is 2.32. The van der Waals surface area contributed by atoms with Gasteiger partial charge >= 0.3 is 0 Å². The van der Waals surface area contributed by atoms with E-state index in [0.717, 1.165) is 31.4 Å². The maximum Gasteiger partial charge on any atom is 0.243 e. The zero-order valence-corrected chi connectivity index (χ0v) is 16.9. The summed E-state index contributed by atoms with van der Waals surface area (Å²) in [7, 11) is -3.68. The average Bonchev–Trinajstić information content (AvgIpc) is 2.88. The minimum atomic E-state index is -3.68. The number of sulfonamides is 1. The summed E-state index contributed by atoms with van der Waals surface area (Å²) < 4.78 is 40.0. The Kier molecular flexibility index (Phi) is 7.62. The Bertz CT molecular complexity index is 745. The van der Waals surface area contributed by atoms with Crippen LogP contribution in [0.2, 0.25) is 0 Å². The van der Waals surface area contributed by atoms with Crippen LogP contribution in [0.5, 0.6) is 0 Å². The molecule has 1 heterocycles. The molecule has 1 saturated heterocycles. The van der Waals surface area contributed by atoms with E-state index in [1.807, 2.05) is 0 Å². The highest BCUT2D eigenvalue weighted by Crippen LogP contribution is 2.26. The first-order valence-corrected chi connectivity index (χ1v) is 10.6. The number of rotatable bonds is 3. The first-order valence-electron chi connectivity index (χ1n) is 9.18. The van der Waals surface area contributed by atoms with Crippen LogP contribution >= 0.6 is 12.4 Å². The van der Waals surface area contributed by atoms with Crippen molar-refractivity contribution in [1.82, 2.24) is 9.21 Å². The van der Waals surface area contributed by atoms with Crippen LogP contribution in [-0.2, 0) is 14.8 Å². The van der Waals surface area contributed by atoms with Crippen molar-refractivity contribution < 1.29 is 17.6 Å². The van der Waals surface area contributed by atoms with E-state index in [1.165, 1.54) is 16.4 Å². The van der Waals surface area contributed by atoms with Gasteiger partial charge in [-0.05, 0) is 49.9 Å². The SMILES string of the molecule is Cl.NC1CCCC(C(=O)N2CCCN(S(=O)(=O)c3ccc(F)cc3)CC2)C1. The van der Waals surface area contributed by atoms with Crippen LogP contribution < -0.4 is 5.73 Å². The first-order chi connectivity index (χ1) is 12.4. The minimum absolute atomic E-state index is 0. The highest BCUT2D eigenvalue weighted by atomic mass is 35.5. The number of hydrogen-bond acceptors (Lipinski definition) is 4. The van der Waals surface area contributed by atoms with Gasteiger partial charge in [-0.2, -0.15) is 4.31 Å². The molecule has 3 rings (SSSR count). The fourth-order valence-corrected chi connectivity index (χ4v) is 5.29. The van der Waals surface area contributed by atoms with Crippen molar-refractivity contribution >= 4 is 28.3 Å². The number of halogens is 2. The van der Waals surface area contributed by atoms with E-state index in [1.54, 1.807) is 4.90 Å². The molecule has 1 saturated carbocycles. The standard InChI is InChI=1S/C18H26FN3O3S.ClH/c19-15-5-7-17(8-6-15)26(24,25)22-10-2-9-21(11-12-22)18(23)14-3-1-4-16(20)13-14;/h5-8,14,16H,1-4,9-13,20H2;1H. The molecule has 9 heteroatoms. The molecular formula is C18H27ClFN3O3S. The van der Waals surface area contributed by atoms with E-state index >= 15 is 0 Å². The summed E-state index contributed by atoms with van der Waals surface area (Å²) in [6.45, 7) is 1.54. The van der Waals surface area contributed by atoms with E-state index in [-0.39, 0.29) is 41.7 Å². The topological polar surface area (TPSA) is 83.7 Å². The predicted octanol–water partition coefficient (Wildman–Crippen LogP) is 1.99. The van der Waals surface area contributed by atoms with Crippen LogP contribution in [0.4, 0.5) is 4.39 Å². The van der Waals surface area contributed by atoms with E-state index in [4.69, 9.17) is 5.73 Å². The van der Waals surface area contributed by atoms with Crippen LogP contribution in [0.3, 0.4) is 0 Å². The van der Waals surface area contributed by atoms with Gasteiger partial charge in [-0.3, -0.25) is 4.79 Å².